The Labute approximate surface area is 252 Å². The number of rotatable bonds is 7. The third-order valence-electron chi connectivity index (χ3n) is 6.52. The Balaban J connectivity index is 1.39. The minimum atomic E-state index is -0.314. The zero-order valence-corrected chi connectivity index (χ0v) is 25.3. The molecule has 0 aliphatic heterocycles. The Hall–Kier alpha value is -4.21. The number of para-hydroxylation sites is 1. The van der Waals surface area contributed by atoms with E-state index in [9.17, 15) is 4.79 Å². The molecule has 6 aromatic rings. The Bertz CT molecular complexity index is 1990. The van der Waals surface area contributed by atoms with Gasteiger partial charge in [-0.25, -0.2) is 4.98 Å². The molecule has 0 unspecified atom stereocenters. The predicted molar refractivity (Wildman–Crippen MR) is 168 cm³/mol. The van der Waals surface area contributed by atoms with Crippen molar-refractivity contribution in [1.82, 2.24) is 9.66 Å². The molecule has 0 spiro atoms. The fourth-order valence-electron chi connectivity index (χ4n) is 4.59. The fraction of sp³-hybridized carbons (Fsp3) is 0.0938. The summed E-state index contributed by atoms with van der Waals surface area (Å²) in [5.74, 6) is 2.01. The van der Waals surface area contributed by atoms with E-state index in [1.54, 1.807) is 31.5 Å². The minimum Gasteiger partial charge on any atom is -0.496 e. The van der Waals surface area contributed by atoms with Gasteiger partial charge in [-0.3, -0.25) is 4.79 Å². The number of benzene rings is 4. The molecular weight excluding hydrogens is 650 g/mol. The molecule has 0 saturated carbocycles. The summed E-state index contributed by atoms with van der Waals surface area (Å²) in [6, 6.07) is 26.5. The highest BCUT2D eigenvalue weighted by Crippen LogP contribution is 2.36. The average molecular weight is 673 g/mol. The highest BCUT2D eigenvalue weighted by atomic mass is 79.9. The number of methoxy groups -OCH3 is 1. The van der Waals surface area contributed by atoms with Crippen LogP contribution in [0.2, 0.25) is 0 Å². The molecule has 0 aliphatic carbocycles. The molecule has 41 heavy (non-hydrogen) atoms. The molecule has 0 atom stereocenters. The topological polar surface area (TPSA) is 78.9 Å². The molecular formula is C32H23Br2N3O4. The summed E-state index contributed by atoms with van der Waals surface area (Å²) in [6.07, 6.45) is 1.60. The maximum absolute atomic E-state index is 13.6. The highest BCUT2D eigenvalue weighted by Gasteiger charge is 2.18. The van der Waals surface area contributed by atoms with E-state index in [4.69, 9.17) is 18.9 Å². The van der Waals surface area contributed by atoms with Crippen molar-refractivity contribution in [2.45, 2.75) is 13.5 Å². The monoisotopic (exact) mass is 671 g/mol. The summed E-state index contributed by atoms with van der Waals surface area (Å²) in [4.78, 5) is 18.4. The number of hydrogen-bond acceptors (Lipinski definition) is 6. The lowest BCUT2D eigenvalue weighted by Crippen LogP contribution is -2.20. The van der Waals surface area contributed by atoms with Crippen LogP contribution < -0.4 is 15.0 Å². The SMILES string of the molecule is COc1cccc2oc(-c3nc4ccccc4c(=O)n3N=Cc3cc(Br)c(OCc4cccc(C)c4)c(Br)c3)cc12. The van der Waals surface area contributed by atoms with Gasteiger partial charge in [0.05, 0.1) is 38.6 Å². The number of fused-ring (bicyclic) bond motifs is 2. The highest BCUT2D eigenvalue weighted by molar-refractivity contribution is 9.11. The van der Waals surface area contributed by atoms with Crippen LogP contribution in [0.4, 0.5) is 0 Å². The first-order chi connectivity index (χ1) is 19.9. The third kappa shape index (κ3) is 5.42. The van der Waals surface area contributed by atoms with Crippen molar-refractivity contribution in [3.05, 3.63) is 121 Å². The molecule has 0 fully saturated rings. The van der Waals surface area contributed by atoms with Gasteiger partial charge >= 0.3 is 0 Å². The summed E-state index contributed by atoms with van der Waals surface area (Å²) in [7, 11) is 1.60. The van der Waals surface area contributed by atoms with Crippen LogP contribution in [0.25, 0.3) is 33.5 Å². The van der Waals surface area contributed by atoms with Crippen LogP contribution in [0.5, 0.6) is 11.5 Å². The number of nitrogens with zero attached hydrogens (tertiary/aromatic N) is 3. The van der Waals surface area contributed by atoms with Gasteiger partial charge in [-0.15, -0.1) is 0 Å². The minimum absolute atomic E-state index is 0.277. The first kappa shape index (κ1) is 27.0. The second-order valence-corrected chi connectivity index (χ2v) is 11.1. The molecule has 6 rings (SSSR count). The quantitative estimate of drug-likeness (QED) is 0.160. The van der Waals surface area contributed by atoms with Crippen molar-refractivity contribution in [2.75, 3.05) is 7.11 Å². The lowest BCUT2D eigenvalue weighted by Gasteiger charge is -2.12. The molecule has 0 amide bonds. The number of furan rings is 1. The lowest BCUT2D eigenvalue weighted by atomic mass is 10.1. The van der Waals surface area contributed by atoms with Gasteiger partial charge in [-0.1, -0.05) is 48.0 Å². The summed E-state index contributed by atoms with van der Waals surface area (Å²) in [5.41, 5.74) is 3.84. The van der Waals surface area contributed by atoms with E-state index in [0.717, 1.165) is 25.5 Å². The van der Waals surface area contributed by atoms with Gasteiger partial charge in [0.1, 0.15) is 23.7 Å². The zero-order chi connectivity index (χ0) is 28.5. The molecule has 0 aliphatic rings. The maximum Gasteiger partial charge on any atom is 0.282 e. The van der Waals surface area contributed by atoms with Crippen molar-refractivity contribution in [1.29, 1.82) is 0 Å². The Morgan fingerprint density at radius 1 is 0.951 bits per heavy atom. The van der Waals surface area contributed by atoms with Crippen LogP contribution in [0, 0.1) is 6.92 Å². The normalized spacial score (nSPS) is 11.5. The summed E-state index contributed by atoms with van der Waals surface area (Å²) >= 11 is 7.24. The number of hydrogen-bond donors (Lipinski definition) is 0. The van der Waals surface area contributed by atoms with Crippen LogP contribution in [0.15, 0.2) is 108 Å². The van der Waals surface area contributed by atoms with Crippen LogP contribution in [-0.2, 0) is 6.61 Å². The first-order valence-corrected chi connectivity index (χ1v) is 14.3. The van der Waals surface area contributed by atoms with E-state index in [-0.39, 0.29) is 11.4 Å². The van der Waals surface area contributed by atoms with Gasteiger partial charge in [0.15, 0.2) is 5.76 Å². The molecule has 0 saturated heterocycles. The molecule has 2 aromatic heterocycles. The van der Waals surface area contributed by atoms with Gasteiger partial charge < -0.3 is 13.9 Å². The number of halogens is 2. The lowest BCUT2D eigenvalue weighted by molar-refractivity contribution is 0.302. The average Bonchev–Trinajstić information content (AvgIpc) is 3.41. The molecule has 2 heterocycles. The van der Waals surface area contributed by atoms with E-state index in [2.05, 4.69) is 56.0 Å². The van der Waals surface area contributed by atoms with Crippen molar-refractivity contribution < 1.29 is 13.9 Å². The zero-order valence-electron chi connectivity index (χ0n) is 22.1. The van der Waals surface area contributed by atoms with E-state index in [0.29, 0.717) is 40.4 Å². The van der Waals surface area contributed by atoms with Gasteiger partial charge in [-0.2, -0.15) is 9.78 Å². The van der Waals surface area contributed by atoms with Crippen molar-refractivity contribution in [3.63, 3.8) is 0 Å². The second kappa shape index (κ2) is 11.3. The number of aromatic nitrogens is 2. The van der Waals surface area contributed by atoms with E-state index < -0.39 is 0 Å². The van der Waals surface area contributed by atoms with Gasteiger partial charge in [-0.05, 0) is 92.4 Å². The van der Waals surface area contributed by atoms with Crippen LogP contribution >= 0.6 is 31.9 Å². The molecule has 9 heteroatoms. The standard InChI is InChI=1S/C32H23Br2N3O4/c1-19-7-5-8-20(13-19)18-40-30-24(33)14-21(15-25(30)34)17-35-37-31(36-26-10-4-3-9-22(26)32(37)38)29-16-23-27(39-2)11-6-12-28(23)41-29/h3-17H,18H2,1-2H3. The van der Waals surface area contributed by atoms with Crippen LogP contribution in [-0.4, -0.2) is 23.0 Å². The Morgan fingerprint density at radius 2 is 1.73 bits per heavy atom. The van der Waals surface area contributed by atoms with Crippen molar-refractivity contribution in [2.24, 2.45) is 5.10 Å². The largest absolute Gasteiger partial charge is 0.496 e. The van der Waals surface area contributed by atoms with Gasteiger partial charge in [0, 0.05) is 0 Å². The number of ether oxygens (including phenoxy) is 2. The molecule has 0 bridgehead atoms. The molecule has 204 valence electrons. The number of aryl methyl sites for hydroxylation is 1. The third-order valence-corrected chi connectivity index (χ3v) is 7.70. The molecule has 7 nitrogen and oxygen atoms in total. The van der Waals surface area contributed by atoms with Crippen molar-refractivity contribution in [3.8, 4) is 23.1 Å². The van der Waals surface area contributed by atoms with Crippen molar-refractivity contribution >= 4 is 59.9 Å². The van der Waals surface area contributed by atoms with Gasteiger partial charge in [0.25, 0.3) is 5.56 Å². The van der Waals surface area contributed by atoms with Crippen LogP contribution in [0.3, 0.4) is 0 Å². The molecule has 0 radical (unpaired) electrons. The molecule has 4 aromatic carbocycles. The Kier molecular flexibility index (Phi) is 7.47. The van der Waals surface area contributed by atoms with E-state index in [1.807, 2.05) is 54.6 Å². The second-order valence-electron chi connectivity index (χ2n) is 9.39. The van der Waals surface area contributed by atoms with E-state index in [1.165, 1.54) is 10.2 Å². The van der Waals surface area contributed by atoms with Crippen LogP contribution in [0.1, 0.15) is 16.7 Å². The van der Waals surface area contributed by atoms with Gasteiger partial charge in [0.2, 0.25) is 5.82 Å². The first-order valence-electron chi connectivity index (χ1n) is 12.7. The summed E-state index contributed by atoms with van der Waals surface area (Å²) in [5, 5.41) is 5.80. The summed E-state index contributed by atoms with van der Waals surface area (Å²) in [6.45, 7) is 2.48. The summed E-state index contributed by atoms with van der Waals surface area (Å²) < 4.78 is 20.4. The Morgan fingerprint density at radius 3 is 2.51 bits per heavy atom. The molecule has 0 N–H and O–H groups in total. The fourth-order valence-corrected chi connectivity index (χ4v) is 6.04. The van der Waals surface area contributed by atoms with E-state index >= 15 is 0 Å². The smallest absolute Gasteiger partial charge is 0.282 e. The predicted octanol–water partition coefficient (Wildman–Crippen LogP) is 8.11. The maximum atomic E-state index is 13.6.